The van der Waals surface area contributed by atoms with Crippen LogP contribution < -0.4 is 14.9 Å². The van der Waals surface area contributed by atoms with Gasteiger partial charge in [-0.3, -0.25) is 9.10 Å². The normalized spacial score (nSPS) is 14.4. The number of amides is 1. The predicted octanol–water partition coefficient (Wildman–Crippen LogP) is 5.38. The zero-order valence-corrected chi connectivity index (χ0v) is 22.7. The van der Waals surface area contributed by atoms with Gasteiger partial charge in [-0.1, -0.05) is 61.8 Å². The molecule has 1 amide bonds. The summed E-state index contributed by atoms with van der Waals surface area (Å²) >= 11 is 6.14. The molecular formula is C28H31ClN4O3S. The summed E-state index contributed by atoms with van der Waals surface area (Å²) in [5, 5.41) is 6.85. The van der Waals surface area contributed by atoms with E-state index < -0.39 is 10.0 Å². The van der Waals surface area contributed by atoms with E-state index in [2.05, 4.69) is 29.4 Å². The van der Waals surface area contributed by atoms with Gasteiger partial charge >= 0.3 is 0 Å². The van der Waals surface area contributed by atoms with Crippen LogP contribution in [0.25, 0.3) is 11.3 Å². The molecule has 1 heterocycles. The summed E-state index contributed by atoms with van der Waals surface area (Å²) in [6.07, 6.45) is 1.22. The predicted molar refractivity (Wildman–Crippen MR) is 153 cm³/mol. The maximum Gasteiger partial charge on any atom is 0.258 e. The van der Waals surface area contributed by atoms with Crippen LogP contribution in [0.1, 0.15) is 25.0 Å². The second kappa shape index (κ2) is 11.4. The fourth-order valence-electron chi connectivity index (χ4n) is 4.39. The van der Waals surface area contributed by atoms with Gasteiger partial charge in [0.05, 0.1) is 28.9 Å². The number of anilines is 3. The smallest absolute Gasteiger partial charge is 0.258 e. The molecule has 9 heteroatoms. The lowest BCUT2D eigenvalue weighted by Crippen LogP contribution is -2.38. The Labute approximate surface area is 223 Å². The van der Waals surface area contributed by atoms with Crippen LogP contribution in [0.4, 0.5) is 17.1 Å². The molecule has 0 radical (unpaired) electrons. The van der Waals surface area contributed by atoms with Crippen molar-refractivity contribution in [2.75, 3.05) is 47.4 Å². The summed E-state index contributed by atoms with van der Waals surface area (Å²) in [6, 6.07) is 22.1. The van der Waals surface area contributed by atoms with Crippen molar-refractivity contribution in [1.29, 1.82) is 0 Å². The van der Waals surface area contributed by atoms with E-state index in [0.29, 0.717) is 40.8 Å². The van der Waals surface area contributed by atoms with Crippen LogP contribution in [0.3, 0.4) is 0 Å². The summed E-state index contributed by atoms with van der Waals surface area (Å²) in [5.74, 6) is -0.222. The standard InChI is InChI=1S/C28H31ClN4O3S/c1-4-32(5-2)17-18-33(37(3,35)36)23-14-12-22(13-15-23)30-27(20-9-7-6-8-10-20)26-24-16-11-21(29)19-25(24)31-28(26)34/h6-16,19,30H,4-5,17-18H2,1-3H3,(H,31,34). The highest BCUT2D eigenvalue weighted by Gasteiger charge is 2.28. The molecule has 3 aromatic carbocycles. The minimum Gasteiger partial charge on any atom is -0.354 e. The molecular weight excluding hydrogens is 508 g/mol. The number of nitrogens with zero attached hydrogens (tertiary/aromatic N) is 2. The van der Waals surface area contributed by atoms with E-state index in [1.54, 1.807) is 24.3 Å². The second-order valence-electron chi connectivity index (χ2n) is 8.79. The fourth-order valence-corrected chi connectivity index (χ4v) is 5.48. The van der Waals surface area contributed by atoms with Gasteiger partial charge in [-0.25, -0.2) is 8.42 Å². The third-order valence-corrected chi connectivity index (χ3v) is 7.81. The minimum absolute atomic E-state index is 0.222. The molecule has 37 heavy (non-hydrogen) atoms. The number of hydrogen-bond donors (Lipinski definition) is 2. The van der Waals surface area contributed by atoms with E-state index >= 15 is 0 Å². The monoisotopic (exact) mass is 538 g/mol. The Morgan fingerprint density at radius 1 is 0.946 bits per heavy atom. The third kappa shape index (κ3) is 6.15. The van der Waals surface area contributed by atoms with Crippen LogP contribution in [0.2, 0.25) is 5.02 Å². The average Bonchev–Trinajstić information content (AvgIpc) is 3.20. The Hall–Kier alpha value is -3.33. The van der Waals surface area contributed by atoms with Gasteiger partial charge in [0.2, 0.25) is 10.0 Å². The maximum absolute atomic E-state index is 13.0. The van der Waals surface area contributed by atoms with Gasteiger partial charge < -0.3 is 15.5 Å². The summed E-state index contributed by atoms with van der Waals surface area (Å²) in [4.78, 5) is 15.2. The molecule has 7 nitrogen and oxygen atoms in total. The lowest BCUT2D eigenvalue weighted by molar-refractivity contribution is -0.110. The molecule has 0 bridgehead atoms. The van der Waals surface area contributed by atoms with Crippen molar-refractivity contribution in [2.45, 2.75) is 13.8 Å². The number of likely N-dealkylation sites (N-methyl/N-ethyl adjacent to an activating group) is 1. The lowest BCUT2D eigenvalue weighted by atomic mass is 10.00. The Morgan fingerprint density at radius 3 is 2.24 bits per heavy atom. The molecule has 1 aliphatic heterocycles. The summed E-state index contributed by atoms with van der Waals surface area (Å²) in [5.41, 5.74) is 4.74. The van der Waals surface area contributed by atoms with Crippen LogP contribution in [0, 0.1) is 0 Å². The maximum atomic E-state index is 13.0. The largest absolute Gasteiger partial charge is 0.354 e. The first-order valence-electron chi connectivity index (χ1n) is 12.2. The van der Waals surface area contributed by atoms with Crippen molar-refractivity contribution in [3.63, 3.8) is 0 Å². The molecule has 0 saturated carbocycles. The molecule has 2 N–H and O–H groups in total. The molecule has 0 saturated heterocycles. The summed E-state index contributed by atoms with van der Waals surface area (Å²) in [6.45, 7) is 6.85. The van der Waals surface area contributed by atoms with Gasteiger partial charge in [-0.15, -0.1) is 0 Å². The van der Waals surface area contributed by atoms with Gasteiger partial charge in [0.1, 0.15) is 0 Å². The van der Waals surface area contributed by atoms with Gasteiger partial charge in [0, 0.05) is 29.4 Å². The summed E-state index contributed by atoms with van der Waals surface area (Å²) < 4.78 is 26.5. The minimum atomic E-state index is -3.45. The van der Waals surface area contributed by atoms with Crippen LogP contribution in [-0.4, -0.2) is 51.7 Å². The number of benzene rings is 3. The summed E-state index contributed by atoms with van der Waals surface area (Å²) in [7, 11) is -3.45. The molecule has 0 unspecified atom stereocenters. The van der Waals surface area contributed by atoms with Crippen molar-refractivity contribution >= 4 is 55.9 Å². The van der Waals surface area contributed by atoms with E-state index in [-0.39, 0.29) is 5.91 Å². The van der Waals surface area contributed by atoms with Gasteiger partial charge in [-0.2, -0.15) is 0 Å². The highest BCUT2D eigenvalue weighted by atomic mass is 35.5. The number of hydrogen-bond acceptors (Lipinski definition) is 5. The Balaban J connectivity index is 1.68. The molecule has 0 spiro atoms. The van der Waals surface area contributed by atoms with E-state index in [4.69, 9.17) is 11.6 Å². The molecule has 0 aromatic heterocycles. The van der Waals surface area contributed by atoms with Crippen LogP contribution in [0.5, 0.6) is 0 Å². The Morgan fingerprint density at radius 2 is 1.62 bits per heavy atom. The first-order chi connectivity index (χ1) is 17.7. The molecule has 1 aliphatic rings. The van der Waals surface area contributed by atoms with E-state index in [1.807, 2.05) is 48.5 Å². The average molecular weight is 539 g/mol. The molecule has 194 valence electrons. The second-order valence-corrected chi connectivity index (χ2v) is 11.1. The SMILES string of the molecule is CCN(CC)CCN(c1ccc(NC(=C2C(=O)Nc3cc(Cl)ccc32)c2ccccc2)cc1)S(C)(=O)=O. The third-order valence-electron chi connectivity index (χ3n) is 6.38. The van der Waals surface area contributed by atoms with Crippen LogP contribution >= 0.6 is 11.6 Å². The van der Waals surface area contributed by atoms with Crippen molar-refractivity contribution < 1.29 is 13.2 Å². The zero-order valence-electron chi connectivity index (χ0n) is 21.2. The fraction of sp³-hybridized carbons (Fsp3) is 0.250. The highest BCUT2D eigenvalue weighted by Crippen LogP contribution is 2.38. The van der Waals surface area contributed by atoms with Gasteiger partial charge in [-0.05, 0) is 55.1 Å². The number of halogens is 1. The first-order valence-corrected chi connectivity index (χ1v) is 14.4. The number of nitrogens with one attached hydrogen (secondary N) is 2. The van der Waals surface area contributed by atoms with E-state index in [0.717, 1.165) is 29.9 Å². The van der Waals surface area contributed by atoms with Gasteiger partial charge in [0.25, 0.3) is 5.91 Å². The molecule has 0 fully saturated rings. The number of carbonyl (C=O) groups excluding carboxylic acids is 1. The van der Waals surface area contributed by atoms with Crippen LogP contribution in [-0.2, 0) is 14.8 Å². The Bertz CT molecular complexity index is 1400. The molecule has 0 aliphatic carbocycles. The quantitative estimate of drug-likeness (QED) is 0.339. The number of rotatable bonds is 10. The van der Waals surface area contributed by atoms with Crippen molar-refractivity contribution in [2.24, 2.45) is 0 Å². The Kier molecular flexibility index (Phi) is 8.22. The van der Waals surface area contributed by atoms with Crippen molar-refractivity contribution in [1.82, 2.24) is 4.90 Å². The van der Waals surface area contributed by atoms with Crippen molar-refractivity contribution in [3.8, 4) is 0 Å². The first kappa shape index (κ1) is 26.7. The molecule has 0 atom stereocenters. The molecule has 4 rings (SSSR count). The lowest BCUT2D eigenvalue weighted by Gasteiger charge is -2.26. The topological polar surface area (TPSA) is 81.8 Å². The molecule has 3 aromatic rings. The van der Waals surface area contributed by atoms with Gasteiger partial charge in [0.15, 0.2) is 0 Å². The number of fused-ring (bicyclic) bond motifs is 1. The van der Waals surface area contributed by atoms with E-state index in [1.165, 1.54) is 10.6 Å². The van der Waals surface area contributed by atoms with Crippen molar-refractivity contribution in [3.05, 3.63) is 88.9 Å². The zero-order chi connectivity index (χ0) is 26.6. The van der Waals surface area contributed by atoms with E-state index in [9.17, 15) is 13.2 Å². The number of sulfonamides is 1. The number of carbonyl (C=O) groups is 1. The van der Waals surface area contributed by atoms with Crippen LogP contribution in [0.15, 0.2) is 72.8 Å². The highest BCUT2D eigenvalue weighted by molar-refractivity contribution is 7.92.